The van der Waals surface area contributed by atoms with E-state index in [1.54, 1.807) is 0 Å². The second-order valence-electron chi connectivity index (χ2n) is 5.97. The van der Waals surface area contributed by atoms with Crippen molar-refractivity contribution >= 4 is 17.3 Å². The monoisotopic (exact) mass is 358 g/mol. The number of ether oxygens (including phenoxy) is 1. The predicted molar refractivity (Wildman–Crippen MR) is 104 cm³/mol. The Labute approximate surface area is 153 Å². The topological polar surface area (TPSA) is 48.9 Å². The molecule has 0 spiro atoms. The number of nitrogens with one attached hydrogen (secondary N) is 2. The summed E-state index contributed by atoms with van der Waals surface area (Å²) >= 11 is 1.81. The molecule has 1 aliphatic rings. The summed E-state index contributed by atoms with van der Waals surface area (Å²) in [6, 6.07) is 15.0. The van der Waals surface area contributed by atoms with E-state index >= 15 is 0 Å². The molecular formula is C19H26N4OS. The van der Waals surface area contributed by atoms with Crippen LogP contribution in [0.4, 0.5) is 0 Å². The minimum absolute atomic E-state index is 0.346. The van der Waals surface area contributed by atoms with E-state index in [0.29, 0.717) is 6.04 Å². The molecule has 0 saturated carbocycles. The molecule has 134 valence electrons. The van der Waals surface area contributed by atoms with Crippen molar-refractivity contribution in [1.82, 2.24) is 15.5 Å². The van der Waals surface area contributed by atoms with Gasteiger partial charge >= 0.3 is 0 Å². The standard InChI is InChI=1S/C19H26N4OS/c1-20-19(21-14-16-6-3-2-4-7-16)22-15-17(18-8-5-13-25-18)23-9-11-24-12-10-23/h2-8,13,17H,9-12,14-15H2,1H3,(H2,20,21,22). The quantitative estimate of drug-likeness (QED) is 0.615. The van der Waals surface area contributed by atoms with Crippen LogP contribution in [-0.2, 0) is 11.3 Å². The summed E-state index contributed by atoms with van der Waals surface area (Å²) in [4.78, 5) is 8.23. The van der Waals surface area contributed by atoms with Gasteiger partial charge in [0.2, 0.25) is 0 Å². The van der Waals surface area contributed by atoms with E-state index in [4.69, 9.17) is 4.74 Å². The molecule has 1 saturated heterocycles. The zero-order valence-electron chi connectivity index (χ0n) is 14.6. The van der Waals surface area contributed by atoms with Crippen molar-refractivity contribution in [3.63, 3.8) is 0 Å². The molecule has 0 amide bonds. The van der Waals surface area contributed by atoms with Crippen LogP contribution in [0.1, 0.15) is 16.5 Å². The molecule has 0 aliphatic carbocycles. The molecular weight excluding hydrogens is 332 g/mol. The molecule has 1 aromatic carbocycles. The molecule has 5 nitrogen and oxygen atoms in total. The van der Waals surface area contributed by atoms with Crippen LogP contribution in [0.3, 0.4) is 0 Å². The number of hydrogen-bond donors (Lipinski definition) is 2. The van der Waals surface area contributed by atoms with Gasteiger partial charge in [-0.25, -0.2) is 0 Å². The number of hydrogen-bond acceptors (Lipinski definition) is 4. The highest BCUT2D eigenvalue weighted by atomic mass is 32.1. The van der Waals surface area contributed by atoms with Crippen LogP contribution in [0.2, 0.25) is 0 Å². The number of morpholine rings is 1. The van der Waals surface area contributed by atoms with Gasteiger partial charge < -0.3 is 15.4 Å². The third kappa shape index (κ3) is 5.29. The smallest absolute Gasteiger partial charge is 0.191 e. The van der Waals surface area contributed by atoms with Crippen LogP contribution < -0.4 is 10.6 Å². The van der Waals surface area contributed by atoms with Crippen LogP contribution >= 0.6 is 11.3 Å². The fourth-order valence-corrected chi connectivity index (χ4v) is 3.84. The first-order valence-electron chi connectivity index (χ1n) is 8.70. The second kappa shape index (κ2) is 9.56. The Bertz CT molecular complexity index is 639. The number of benzene rings is 1. The summed E-state index contributed by atoms with van der Waals surface area (Å²) < 4.78 is 5.51. The van der Waals surface area contributed by atoms with Crippen molar-refractivity contribution in [2.24, 2.45) is 4.99 Å². The molecule has 1 unspecified atom stereocenters. The maximum absolute atomic E-state index is 5.51. The molecule has 2 aromatic rings. The highest BCUT2D eigenvalue weighted by Gasteiger charge is 2.23. The number of nitrogens with zero attached hydrogens (tertiary/aromatic N) is 2. The van der Waals surface area contributed by atoms with Crippen molar-refractivity contribution in [3.05, 3.63) is 58.3 Å². The van der Waals surface area contributed by atoms with E-state index < -0.39 is 0 Å². The fourth-order valence-electron chi connectivity index (χ4n) is 2.98. The lowest BCUT2D eigenvalue weighted by atomic mass is 10.2. The molecule has 1 aromatic heterocycles. The number of guanidine groups is 1. The van der Waals surface area contributed by atoms with Crippen molar-refractivity contribution < 1.29 is 4.74 Å². The first kappa shape index (κ1) is 17.9. The van der Waals surface area contributed by atoms with Gasteiger partial charge in [0.25, 0.3) is 0 Å². The number of rotatable bonds is 6. The molecule has 6 heteroatoms. The van der Waals surface area contributed by atoms with E-state index in [-0.39, 0.29) is 0 Å². The molecule has 0 radical (unpaired) electrons. The molecule has 1 fully saturated rings. The number of thiophene rings is 1. The lowest BCUT2D eigenvalue weighted by Crippen LogP contribution is -2.46. The highest BCUT2D eigenvalue weighted by molar-refractivity contribution is 7.10. The minimum atomic E-state index is 0.346. The molecule has 2 heterocycles. The summed E-state index contributed by atoms with van der Waals surface area (Å²) in [7, 11) is 1.81. The maximum Gasteiger partial charge on any atom is 0.191 e. The van der Waals surface area contributed by atoms with E-state index in [1.807, 2.05) is 24.5 Å². The minimum Gasteiger partial charge on any atom is -0.379 e. The van der Waals surface area contributed by atoms with Crippen molar-refractivity contribution in [2.45, 2.75) is 12.6 Å². The normalized spacial score (nSPS) is 17.2. The summed E-state index contributed by atoms with van der Waals surface area (Å²) in [6.07, 6.45) is 0. The zero-order valence-corrected chi connectivity index (χ0v) is 15.5. The van der Waals surface area contributed by atoms with Crippen LogP contribution in [-0.4, -0.2) is 50.8 Å². The zero-order chi connectivity index (χ0) is 17.3. The van der Waals surface area contributed by atoms with Gasteiger partial charge in [0, 0.05) is 38.1 Å². The van der Waals surface area contributed by atoms with E-state index in [1.165, 1.54) is 10.4 Å². The Balaban J connectivity index is 1.57. The molecule has 3 rings (SSSR count). The third-order valence-corrected chi connectivity index (χ3v) is 5.32. The largest absolute Gasteiger partial charge is 0.379 e. The molecule has 0 bridgehead atoms. The van der Waals surface area contributed by atoms with Crippen molar-refractivity contribution in [1.29, 1.82) is 0 Å². The highest BCUT2D eigenvalue weighted by Crippen LogP contribution is 2.25. The van der Waals surface area contributed by atoms with Gasteiger partial charge in [-0.3, -0.25) is 9.89 Å². The SMILES string of the molecule is CN=C(NCc1ccccc1)NCC(c1cccs1)N1CCOCC1. The Kier molecular flexibility index (Phi) is 6.85. The Morgan fingerprint density at radius 3 is 2.64 bits per heavy atom. The van der Waals surface area contributed by atoms with Crippen molar-refractivity contribution in [3.8, 4) is 0 Å². The van der Waals surface area contributed by atoms with Gasteiger partial charge in [-0.05, 0) is 17.0 Å². The van der Waals surface area contributed by atoms with E-state index in [0.717, 1.165) is 45.4 Å². The van der Waals surface area contributed by atoms with Gasteiger partial charge in [0.05, 0.1) is 19.3 Å². The van der Waals surface area contributed by atoms with Gasteiger partial charge in [0.15, 0.2) is 5.96 Å². The molecule has 2 N–H and O–H groups in total. The third-order valence-electron chi connectivity index (χ3n) is 4.35. The molecule has 25 heavy (non-hydrogen) atoms. The average molecular weight is 359 g/mol. The Morgan fingerprint density at radius 1 is 1.16 bits per heavy atom. The molecule has 1 aliphatic heterocycles. The fraction of sp³-hybridized carbons (Fsp3) is 0.421. The number of aliphatic imine (C=N–C) groups is 1. The van der Waals surface area contributed by atoms with Crippen LogP contribution in [0.25, 0.3) is 0 Å². The lowest BCUT2D eigenvalue weighted by Gasteiger charge is -2.34. The van der Waals surface area contributed by atoms with Gasteiger partial charge in [-0.1, -0.05) is 36.4 Å². The van der Waals surface area contributed by atoms with Crippen LogP contribution in [0.15, 0.2) is 52.8 Å². The molecule has 1 atom stereocenters. The summed E-state index contributed by atoms with van der Waals surface area (Å²) in [5.41, 5.74) is 1.24. The maximum atomic E-state index is 5.51. The van der Waals surface area contributed by atoms with Crippen LogP contribution in [0, 0.1) is 0 Å². The van der Waals surface area contributed by atoms with Crippen LogP contribution in [0.5, 0.6) is 0 Å². The Hall–Kier alpha value is -1.89. The Morgan fingerprint density at radius 2 is 1.96 bits per heavy atom. The van der Waals surface area contributed by atoms with Crippen molar-refractivity contribution in [2.75, 3.05) is 39.9 Å². The van der Waals surface area contributed by atoms with Gasteiger partial charge in [0.1, 0.15) is 0 Å². The first-order valence-corrected chi connectivity index (χ1v) is 9.58. The first-order chi connectivity index (χ1) is 12.4. The lowest BCUT2D eigenvalue weighted by molar-refractivity contribution is 0.0177. The van der Waals surface area contributed by atoms with E-state index in [2.05, 4.69) is 62.3 Å². The average Bonchev–Trinajstić information content (AvgIpc) is 3.20. The van der Waals surface area contributed by atoms with Gasteiger partial charge in [-0.2, -0.15) is 0 Å². The summed E-state index contributed by atoms with van der Waals surface area (Å²) in [5, 5.41) is 9.02. The summed E-state index contributed by atoms with van der Waals surface area (Å²) in [6.45, 7) is 5.16. The summed E-state index contributed by atoms with van der Waals surface area (Å²) in [5.74, 6) is 0.832. The second-order valence-corrected chi connectivity index (χ2v) is 6.95. The predicted octanol–water partition coefficient (Wildman–Crippen LogP) is 2.49. The van der Waals surface area contributed by atoms with E-state index in [9.17, 15) is 0 Å². The van der Waals surface area contributed by atoms with Gasteiger partial charge in [-0.15, -0.1) is 11.3 Å².